The van der Waals surface area contributed by atoms with Crippen molar-refractivity contribution in [3.8, 4) is 0 Å². The van der Waals surface area contributed by atoms with Crippen molar-refractivity contribution in [2.24, 2.45) is 0 Å². The molecule has 0 spiro atoms. The molecule has 18 heavy (non-hydrogen) atoms. The Morgan fingerprint density at radius 2 is 2.22 bits per heavy atom. The van der Waals surface area contributed by atoms with E-state index in [0.29, 0.717) is 18.5 Å². The number of nitrogens with one attached hydrogen (secondary N) is 1. The standard InChI is InChI=1S/C13H21N3O2/c1-4-14-12-9-11(8-10(2)15-12)13(18)16(3)6-5-7-17/h8-9,17H,4-7H2,1-3H3,(H,14,15). The summed E-state index contributed by atoms with van der Waals surface area (Å²) in [6, 6.07) is 3.53. The van der Waals surface area contributed by atoms with Gasteiger partial charge in [-0.15, -0.1) is 0 Å². The zero-order valence-electron chi connectivity index (χ0n) is 11.2. The number of anilines is 1. The first-order chi connectivity index (χ1) is 8.58. The monoisotopic (exact) mass is 251 g/mol. The number of rotatable bonds is 6. The Labute approximate surface area is 108 Å². The van der Waals surface area contributed by atoms with Crippen LogP contribution in [0.2, 0.25) is 0 Å². The molecule has 100 valence electrons. The number of pyridine rings is 1. The molecular weight excluding hydrogens is 230 g/mol. The number of carbonyl (C=O) groups is 1. The van der Waals surface area contributed by atoms with Crippen LogP contribution in [0, 0.1) is 6.92 Å². The summed E-state index contributed by atoms with van der Waals surface area (Å²) in [5.41, 5.74) is 1.44. The van der Waals surface area contributed by atoms with Gasteiger partial charge in [-0.1, -0.05) is 0 Å². The van der Waals surface area contributed by atoms with Gasteiger partial charge < -0.3 is 15.3 Å². The van der Waals surface area contributed by atoms with E-state index >= 15 is 0 Å². The molecule has 0 fully saturated rings. The van der Waals surface area contributed by atoms with Crippen LogP contribution in [0.3, 0.4) is 0 Å². The number of aromatic nitrogens is 1. The van der Waals surface area contributed by atoms with E-state index in [-0.39, 0.29) is 12.5 Å². The molecule has 1 heterocycles. The van der Waals surface area contributed by atoms with Crippen LogP contribution >= 0.6 is 0 Å². The topological polar surface area (TPSA) is 65.5 Å². The Morgan fingerprint density at radius 1 is 1.50 bits per heavy atom. The maximum atomic E-state index is 12.1. The van der Waals surface area contributed by atoms with Gasteiger partial charge in [-0.05, 0) is 32.4 Å². The number of hydrogen-bond acceptors (Lipinski definition) is 4. The summed E-state index contributed by atoms with van der Waals surface area (Å²) in [6.45, 7) is 5.26. The largest absolute Gasteiger partial charge is 0.396 e. The van der Waals surface area contributed by atoms with E-state index in [1.165, 1.54) is 0 Å². The normalized spacial score (nSPS) is 10.2. The number of nitrogens with zero attached hydrogens (tertiary/aromatic N) is 2. The molecule has 0 aromatic carbocycles. The van der Waals surface area contributed by atoms with Crippen molar-refractivity contribution >= 4 is 11.7 Å². The summed E-state index contributed by atoms with van der Waals surface area (Å²) >= 11 is 0. The molecule has 2 N–H and O–H groups in total. The van der Waals surface area contributed by atoms with Crippen molar-refractivity contribution < 1.29 is 9.90 Å². The second-order valence-corrected chi connectivity index (χ2v) is 4.22. The lowest BCUT2D eigenvalue weighted by atomic mass is 10.2. The predicted molar refractivity (Wildman–Crippen MR) is 71.8 cm³/mol. The van der Waals surface area contributed by atoms with E-state index in [0.717, 1.165) is 18.1 Å². The fraction of sp³-hybridized carbons (Fsp3) is 0.538. The lowest BCUT2D eigenvalue weighted by Gasteiger charge is -2.17. The van der Waals surface area contributed by atoms with E-state index in [2.05, 4.69) is 10.3 Å². The predicted octanol–water partition coefficient (Wildman–Crippen LogP) is 1.28. The van der Waals surface area contributed by atoms with Crippen LogP contribution in [0.25, 0.3) is 0 Å². The second kappa shape index (κ2) is 6.96. The van der Waals surface area contributed by atoms with Gasteiger partial charge in [0.25, 0.3) is 5.91 Å². The molecule has 0 atom stereocenters. The molecular formula is C13H21N3O2. The minimum absolute atomic E-state index is 0.0481. The summed E-state index contributed by atoms with van der Waals surface area (Å²) in [6.07, 6.45) is 0.590. The second-order valence-electron chi connectivity index (χ2n) is 4.22. The Morgan fingerprint density at radius 3 is 2.83 bits per heavy atom. The summed E-state index contributed by atoms with van der Waals surface area (Å²) in [5.74, 6) is 0.671. The van der Waals surface area contributed by atoms with E-state index in [9.17, 15) is 4.79 Å². The molecule has 0 aliphatic heterocycles. The van der Waals surface area contributed by atoms with Gasteiger partial charge in [0.05, 0.1) is 0 Å². The van der Waals surface area contributed by atoms with E-state index in [4.69, 9.17) is 5.11 Å². The lowest BCUT2D eigenvalue weighted by molar-refractivity contribution is 0.0786. The fourth-order valence-electron chi connectivity index (χ4n) is 1.69. The number of carbonyl (C=O) groups excluding carboxylic acids is 1. The number of aliphatic hydroxyl groups excluding tert-OH is 1. The highest BCUT2D eigenvalue weighted by atomic mass is 16.3. The highest BCUT2D eigenvalue weighted by molar-refractivity contribution is 5.94. The Kier molecular flexibility index (Phi) is 5.58. The average molecular weight is 251 g/mol. The summed E-state index contributed by atoms with van der Waals surface area (Å²) in [4.78, 5) is 18.1. The first-order valence-corrected chi connectivity index (χ1v) is 6.17. The van der Waals surface area contributed by atoms with Gasteiger partial charge in [0.2, 0.25) is 0 Å². The Hall–Kier alpha value is -1.62. The van der Waals surface area contributed by atoms with Crippen molar-refractivity contribution in [3.63, 3.8) is 0 Å². The molecule has 0 bridgehead atoms. The third kappa shape index (κ3) is 4.00. The SMILES string of the molecule is CCNc1cc(C(=O)N(C)CCCO)cc(C)n1. The molecule has 5 heteroatoms. The van der Waals surface area contributed by atoms with E-state index < -0.39 is 0 Å². The molecule has 0 unspecified atom stereocenters. The third-order valence-corrected chi connectivity index (χ3v) is 2.56. The van der Waals surface area contributed by atoms with Gasteiger partial charge in [0.1, 0.15) is 5.82 Å². The van der Waals surface area contributed by atoms with Gasteiger partial charge in [0.15, 0.2) is 0 Å². The van der Waals surface area contributed by atoms with Crippen LogP contribution < -0.4 is 5.32 Å². The van der Waals surface area contributed by atoms with Crippen LogP contribution in [0.5, 0.6) is 0 Å². The quantitative estimate of drug-likeness (QED) is 0.799. The molecule has 1 aromatic heterocycles. The Balaban J connectivity index is 2.84. The summed E-state index contributed by atoms with van der Waals surface area (Å²) < 4.78 is 0. The van der Waals surface area contributed by atoms with Crippen molar-refractivity contribution in [2.75, 3.05) is 32.1 Å². The molecule has 1 aromatic rings. The van der Waals surface area contributed by atoms with E-state index in [1.807, 2.05) is 13.8 Å². The third-order valence-electron chi connectivity index (χ3n) is 2.56. The maximum Gasteiger partial charge on any atom is 0.253 e. The van der Waals surface area contributed by atoms with Crippen LogP contribution in [0.4, 0.5) is 5.82 Å². The minimum Gasteiger partial charge on any atom is -0.396 e. The molecule has 0 radical (unpaired) electrons. The molecule has 0 saturated carbocycles. The van der Waals surface area contributed by atoms with Crippen LogP contribution in [-0.4, -0.2) is 47.6 Å². The first-order valence-electron chi connectivity index (χ1n) is 6.17. The first kappa shape index (κ1) is 14.4. The lowest BCUT2D eigenvalue weighted by Crippen LogP contribution is -2.28. The van der Waals surface area contributed by atoms with Crippen LogP contribution in [-0.2, 0) is 0 Å². The maximum absolute atomic E-state index is 12.1. The van der Waals surface area contributed by atoms with Crippen molar-refractivity contribution in [2.45, 2.75) is 20.3 Å². The van der Waals surface area contributed by atoms with Gasteiger partial charge in [-0.3, -0.25) is 4.79 Å². The van der Waals surface area contributed by atoms with Crippen molar-refractivity contribution in [3.05, 3.63) is 23.4 Å². The molecule has 0 saturated heterocycles. The summed E-state index contributed by atoms with van der Waals surface area (Å²) in [7, 11) is 1.74. The van der Waals surface area contributed by atoms with Gasteiger partial charge >= 0.3 is 0 Å². The molecule has 1 rings (SSSR count). The van der Waals surface area contributed by atoms with E-state index in [1.54, 1.807) is 24.1 Å². The average Bonchev–Trinajstić information content (AvgIpc) is 2.34. The van der Waals surface area contributed by atoms with Crippen molar-refractivity contribution in [1.82, 2.24) is 9.88 Å². The molecule has 0 aliphatic carbocycles. The number of aliphatic hydroxyl groups is 1. The highest BCUT2D eigenvalue weighted by Crippen LogP contribution is 2.12. The van der Waals surface area contributed by atoms with Crippen LogP contribution in [0.15, 0.2) is 12.1 Å². The molecule has 0 aliphatic rings. The number of aryl methyl sites for hydroxylation is 1. The van der Waals surface area contributed by atoms with Gasteiger partial charge in [-0.25, -0.2) is 4.98 Å². The molecule has 1 amide bonds. The fourth-order valence-corrected chi connectivity index (χ4v) is 1.69. The van der Waals surface area contributed by atoms with Gasteiger partial charge in [-0.2, -0.15) is 0 Å². The zero-order chi connectivity index (χ0) is 13.5. The number of hydrogen-bond donors (Lipinski definition) is 2. The van der Waals surface area contributed by atoms with Crippen LogP contribution in [0.1, 0.15) is 29.4 Å². The zero-order valence-corrected chi connectivity index (χ0v) is 11.2. The molecule has 5 nitrogen and oxygen atoms in total. The van der Waals surface area contributed by atoms with Crippen molar-refractivity contribution in [1.29, 1.82) is 0 Å². The summed E-state index contributed by atoms with van der Waals surface area (Å²) in [5, 5.41) is 11.9. The minimum atomic E-state index is -0.0481. The number of amides is 1. The highest BCUT2D eigenvalue weighted by Gasteiger charge is 2.12. The Bertz CT molecular complexity index is 407. The van der Waals surface area contributed by atoms with Gasteiger partial charge in [0, 0.05) is 38.0 Å². The smallest absolute Gasteiger partial charge is 0.253 e.